The maximum absolute atomic E-state index is 13.3. The number of aryl methyl sites for hydroxylation is 1. The highest BCUT2D eigenvalue weighted by atomic mass is 32.1. The number of carbonyl (C=O) groups is 1. The van der Waals surface area contributed by atoms with Crippen LogP contribution in [-0.4, -0.2) is 27.2 Å². The van der Waals surface area contributed by atoms with E-state index in [0.717, 1.165) is 46.7 Å². The van der Waals surface area contributed by atoms with Gasteiger partial charge in [0.2, 0.25) is 0 Å². The summed E-state index contributed by atoms with van der Waals surface area (Å²) in [5, 5.41) is 7.41. The normalized spacial score (nSPS) is 12.2. The summed E-state index contributed by atoms with van der Waals surface area (Å²) in [6, 6.07) is 13.3. The first kappa shape index (κ1) is 21.1. The topological polar surface area (TPSA) is 68.8 Å². The lowest BCUT2D eigenvalue weighted by Gasteiger charge is -2.13. The second-order valence-corrected chi connectivity index (χ2v) is 8.39. The van der Waals surface area contributed by atoms with Gasteiger partial charge in [0.15, 0.2) is 0 Å². The minimum absolute atomic E-state index is 0.125. The highest BCUT2D eigenvalue weighted by Crippen LogP contribution is 2.40. The smallest absolute Gasteiger partial charge is 0.259 e. The Morgan fingerprint density at radius 2 is 1.71 bits per heavy atom. The number of anilines is 2. The molecule has 0 unspecified atom stereocenters. The summed E-state index contributed by atoms with van der Waals surface area (Å²) in [5.74, 6) is 1.94. The molecule has 0 saturated carbocycles. The molecule has 0 fully saturated rings. The van der Waals surface area contributed by atoms with Gasteiger partial charge in [0, 0.05) is 17.5 Å². The Balaban J connectivity index is 1.56. The number of carbonyl (C=O) groups excluding carboxylic acids is 1. The molecule has 2 N–H and O–H groups in total. The van der Waals surface area contributed by atoms with Crippen molar-refractivity contribution in [2.75, 3.05) is 32.0 Å². The molecule has 1 amide bonds. The van der Waals surface area contributed by atoms with Crippen molar-refractivity contribution < 1.29 is 19.0 Å². The summed E-state index contributed by atoms with van der Waals surface area (Å²) in [6.45, 7) is 0.634. The number of ether oxygens (including phenoxy) is 3. The Bertz CT molecular complexity index is 1080. The van der Waals surface area contributed by atoms with Gasteiger partial charge in [-0.2, -0.15) is 0 Å². The molecule has 1 aromatic heterocycles. The average Bonchev–Trinajstić information content (AvgIpc) is 3.39. The van der Waals surface area contributed by atoms with E-state index in [2.05, 4.69) is 10.6 Å². The average molecular weight is 439 g/mol. The predicted octanol–water partition coefficient (Wildman–Crippen LogP) is 5.13. The molecular weight excluding hydrogens is 412 g/mol. The lowest BCUT2D eigenvalue weighted by atomic mass is 10.1. The van der Waals surface area contributed by atoms with Crippen LogP contribution in [0, 0.1) is 0 Å². The largest absolute Gasteiger partial charge is 0.497 e. The quantitative estimate of drug-likeness (QED) is 0.510. The van der Waals surface area contributed by atoms with Crippen molar-refractivity contribution in [3.05, 3.63) is 64.0 Å². The van der Waals surface area contributed by atoms with Gasteiger partial charge < -0.3 is 24.8 Å². The van der Waals surface area contributed by atoms with Crippen molar-refractivity contribution in [3.8, 4) is 17.2 Å². The molecule has 0 bridgehead atoms. The van der Waals surface area contributed by atoms with Crippen molar-refractivity contribution in [2.24, 2.45) is 0 Å². The molecule has 6 nitrogen and oxygen atoms in total. The molecule has 4 rings (SSSR count). The maximum atomic E-state index is 13.3. The number of amides is 1. The third-order valence-corrected chi connectivity index (χ3v) is 6.67. The third-order valence-electron chi connectivity index (χ3n) is 5.42. The highest BCUT2D eigenvalue weighted by molar-refractivity contribution is 7.16. The van der Waals surface area contributed by atoms with E-state index in [-0.39, 0.29) is 5.91 Å². The fourth-order valence-electron chi connectivity index (χ4n) is 3.78. The standard InChI is InChI=1S/C24H26N2O4S/c1-28-16-9-7-15(8-10-16)14-25-24-22(18-5-4-6-21(18)31-24)23(27)26-19-12-11-17(29-2)13-20(19)30-3/h7-13,25H,4-6,14H2,1-3H3,(H,26,27). The van der Waals surface area contributed by atoms with Crippen molar-refractivity contribution in [2.45, 2.75) is 25.8 Å². The summed E-state index contributed by atoms with van der Waals surface area (Å²) in [6.07, 6.45) is 3.04. The fraction of sp³-hybridized carbons (Fsp3) is 0.292. The van der Waals surface area contributed by atoms with Crippen molar-refractivity contribution >= 4 is 27.9 Å². The van der Waals surface area contributed by atoms with Gasteiger partial charge in [-0.25, -0.2) is 0 Å². The molecule has 31 heavy (non-hydrogen) atoms. The van der Waals surface area contributed by atoms with Crippen LogP contribution in [0.3, 0.4) is 0 Å². The Hall–Kier alpha value is -3.19. The number of fused-ring (bicyclic) bond motifs is 1. The predicted molar refractivity (Wildman–Crippen MR) is 124 cm³/mol. The minimum Gasteiger partial charge on any atom is -0.497 e. The third kappa shape index (κ3) is 4.46. The molecule has 0 aliphatic heterocycles. The lowest BCUT2D eigenvalue weighted by molar-refractivity contribution is 0.102. The van der Waals surface area contributed by atoms with Crippen LogP contribution in [0.15, 0.2) is 42.5 Å². The number of benzene rings is 2. The number of rotatable bonds is 8. The van der Waals surface area contributed by atoms with Gasteiger partial charge in [-0.05, 0) is 54.7 Å². The zero-order valence-electron chi connectivity index (χ0n) is 17.9. The van der Waals surface area contributed by atoms with Crippen molar-refractivity contribution in [1.29, 1.82) is 0 Å². The van der Waals surface area contributed by atoms with Crippen LogP contribution in [0.1, 0.15) is 32.8 Å². The SMILES string of the molecule is COc1ccc(CNc2sc3c(c2C(=O)Nc2ccc(OC)cc2OC)CCC3)cc1. The maximum Gasteiger partial charge on any atom is 0.259 e. The molecule has 0 atom stereocenters. The van der Waals surface area contributed by atoms with Crippen molar-refractivity contribution in [3.63, 3.8) is 0 Å². The van der Waals surface area contributed by atoms with E-state index in [9.17, 15) is 4.79 Å². The Morgan fingerprint density at radius 1 is 0.968 bits per heavy atom. The van der Waals surface area contributed by atoms with E-state index in [1.807, 2.05) is 24.3 Å². The number of nitrogens with one attached hydrogen (secondary N) is 2. The first-order valence-electron chi connectivity index (χ1n) is 10.2. The van der Waals surface area contributed by atoms with Crippen LogP contribution in [0.25, 0.3) is 0 Å². The number of thiophene rings is 1. The Morgan fingerprint density at radius 3 is 2.42 bits per heavy atom. The van der Waals surface area contributed by atoms with Crippen molar-refractivity contribution in [1.82, 2.24) is 0 Å². The highest BCUT2D eigenvalue weighted by Gasteiger charge is 2.27. The molecule has 2 aromatic carbocycles. The van der Waals surface area contributed by atoms with E-state index in [1.54, 1.807) is 50.9 Å². The van der Waals surface area contributed by atoms with Crippen LogP contribution in [0.4, 0.5) is 10.7 Å². The lowest BCUT2D eigenvalue weighted by Crippen LogP contribution is -2.15. The molecule has 1 heterocycles. The second kappa shape index (κ2) is 9.31. The van der Waals surface area contributed by atoms with Gasteiger partial charge in [0.05, 0.1) is 32.6 Å². The van der Waals surface area contributed by atoms with Gasteiger partial charge in [-0.15, -0.1) is 11.3 Å². The molecule has 0 saturated heterocycles. The monoisotopic (exact) mass is 438 g/mol. The summed E-state index contributed by atoms with van der Waals surface area (Å²) in [5.41, 5.74) is 3.64. The molecule has 1 aliphatic rings. The summed E-state index contributed by atoms with van der Waals surface area (Å²) < 4.78 is 15.9. The van der Waals surface area contributed by atoms with Crippen LogP contribution >= 0.6 is 11.3 Å². The molecule has 3 aromatic rings. The number of hydrogen-bond acceptors (Lipinski definition) is 6. The first-order valence-corrected chi connectivity index (χ1v) is 11.0. The van der Waals surface area contributed by atoms with Crippen LogP contribution in [0.5, 0.6) is 17.2 Å². The van der Waals surface area contributed by atoms with Gasteiger partial charge in [0.25, 0.3) is 5.91 Å². The van der Waals surface area contributed by atoms with Gasteiger partial charge in [-0.1, -0.05) is 12.1 Å². The van der Waals surface area contributed by atoms with Crippen LogP contribution < -0.4 is 24.8 Å². The first-order chi connectivity index (χ1) is 15.1. The van der Waals surface area contributed by atoms with E-state index in [1.165, 1.54) is 4.88 Å². The van der Waals surface area contributed by atoms with Gasteiger partial charge >= 0.3 is 0 Å². The second-order valence-electron chi connectivity index (χ2n) is 7.28. The summed E-state index contributed by atoms with van der Waals surface area (Å²) >= 11 is 1.68. The molecule has 162 valence electrons. The molecule has 1 aliphatic carbocycles. The Kier molecular flexibility index (Phi) is 6.32. The van der Waals surface area contributed by atoms with Crippen LogP contribution in [-0.2, 0) is 19.4 Å². The zero-order valence-corrected chi connectivity index (χ0v) is 18.7. The minimum atomic E-state index is -0.125. The zero-order chi connectivity index (χ0) is 21.8. The van der Waals surface area contributed by atoms with Gasteiger partial charge in [0.1, 0.15) is 22.2 Å². The number of hydrogen-bond donors (Lipinski definition) is 2. The summed E-state index contributed by atoms with van der Waals surface area (Å²) in [7, 11) is 4.83. The summed E-state index contributed by atoms with van der Waals surface area (Å²) in [4.78, 5) is 14.6. The number of methoxy groups -OCH3 is 3. The van der Waals surface area contributed by atoms with Crippen LogP contribution in [0.2, 0.25) is 0 Å². The van der Waals surface area contributed by atoms with E-state index in [4.69, 9.17) is 14.2 Å². The van der Waals surface area contributed by atoms with E-state index >= 15 is 0 Å². The molecule has 0 radical (unpaired) electrons. The molecule has 7 heteroatoms. The van der Waals surface area contributed by atoms with E-state index < -0.39 is 0 Å². The van der Waals surface area contributed by atoms with E-state index in [0.29, 0.717) is 23.7 Å². The molecular formula is C24H26N2O4S. The fourth-order valence-corrected chi connectivity index (χ4v) is 5.06. The molecule has 0 spiro atoms. The van der Waals surface area contributed by atoms with Gasteiger partial charge in [-0.3, -0.25) is 4.79 Å². The Labute approximate surface area is 186 Å².